The van der Waals surface area contributed by atoms with E-state index in [0.717, 1.165) is 29.2 Å². The van der Waals surface area contributed by atoms with Crippen LogP contribution in [-0.2, 0) is 0 Å². The van der Waals surface area contributed by atoms with Gasteiger partial charge in [0.2, 0.25) is 0 Å². The van der Waals surface area contributed by atoms with E-state index in [1.54, 1.807) is 23.7 Å². The number of anilines is 1. The molecule has 3 rings (SSSR count). The van der Waals surface area contributed by atoms with Gasteiger partial charge in [-0.15, -0.1) is 0 Å². The number of aromatic nitrogens is 2. The molecule has 0 bridgehead atoms. The number of amides is 1. The number of rotatable bonds is 4. The van der Waals surface area contributed by atoms with Crippen molar-refractivity contribution in [2.75, 3.05) is 11.4 Å². The molecule has 0 atom stereocenters. The van der Waals surface area contributed by atoms with Crippen molar-refractivity contribution < 1.29 is 13.6 Å². The molecule has 0 fully saturated rings. The van der Waals surface area contributed by atoms with Gasteiger partial charge >= 0.3 is 0 Å². The summed E-state index contributed by atoms with van der Waals surface area (Å²) in [4.78, 5) is 14.2. The Morgan fingerprint density at radius 2 is 1.73 bits per heavy atom. The van der Waals surface area contributed by atoms with E-state index < -0.39 is 11.6 Å². The standard InChI is InChI=1S/C20H19F2N3O/c1-4-24(17-9-10-18(21)19(22)12-17)20(26)15-5-7-16(8-6-15)25-14(3)11-13(2)23-25/h5-12H,4H2,1-3H3. The average Bonchev–Trinajstić information content (AvgIpc) is 2.97. The Labute approximate surface area is 150 Å². The molecule has 1 amide bonds. The van der Waals surface area contributed by atoms with E-state index in [9.17, 15) is 13.6 Å². The average molecular weight is 355 g/mol. The van der Waals surface area contributed by atoms with Gasteiger partial charge in [-0.3, -0.25) is 4.79 Å². The van der Waals surface area contributed by atoms with Gasteiger partial charge < -0.3 is 4.90 Å². The monoisotopic (exact) mass is 355 g/mol. The summed E-state index contributed by atoms with van der Waals surface area (Å²) in [6, 6.07) is 12.4. The number of halogens is 2. The Hall–Kier alpha value is -3.02. The lowest BCUT2D eigenvalue weighted by Crippen LogP contribution is -2.30. The first kappa shape index (κ1) is 17.8. The maximum atomic E-state index is 13.5. The summed E-state index contributed by atoms with van der Waals surface area (Å²) in [5.74, 6) is -2.20. The van der Waals surface area contributed by atoms with Gasteiger partial charge in [-0.05, 0) is 63.2 Å². The number of carbonyl (C=O) groups is 1. The number of benzene rings is 2. The van der Waals surface area contributed by atoms with Crippen LogP contribution in [0.15, 0.2) is 48.5 Å². The Balaban J connectivity index is 1.88. The lowest BCUT2D eigenvalue weighted by atomic mass is 10.1. The summed E-state index contributed by atoms with van der Waals surface area (Å²) in [7, 11) is 0. The van der Waals surface area contributed by atoms with Crippen LogP contribution >= 0.6 is 0 Å². The van der Waals surface area contributed by atoms with Crippen molar-refractivity contribution in [1.29, 1.82) is 0 Å². The second kappa shape index (κ2) is 7.07. The summed E-state index contributed by atoms with van der Waals surface area (Å²) in [5, 5.41) is 4.42. The minimum atomic E-state index is -0.978. The van der Waals surface area contributed by atoms with Crippen LogP contribution in [0.3, 0.4) is 0 Å². The van der Waals surface area contributed by atoms with Crippen LogP contribution in [0.25, 0.3) is 5.69 Å². The van der Waals surface area contributed by atoms with Crippen molar-refractivity contribution >= 4 is 11.6 Å². The van der Waals surface area contributed by atoms with Gasteiger partial charge in [-0.2, -0.15) is 5.10 Å². The SMILES string of the molecule is CCN(C(=O)c1ccc(-n2nc(C)cc2C)cc1)c1ccc(F)c(F)c1. The van der Waals surface area contributed by atoms with Gasteiger partial charge in [0.15, 0.2) is 11.6 Å². The minimum Gasteiger partial charge on any atom is -0.309 e. The van der Waals surface area contributed by atoms with Crippen molar-refractivity contribution in [3.8, 4) is 5.69 Å². The molecule has 1 heterocycles. The van der Waals surface area contributed by atoms with Crippen molar-refractivity contribution in [2.45, 2.75) is 20.8 Å². The number of hydrogen-bond acceptors (Lipinski definition) is 2. The largest absolute Gasteiger partial charge is 0.309 e. The smallest absolute Gasteiger partial charge is 0.258 e. The van der Waals surface area contributed by atoms with Crippen LogP contribution in [-0.4, -0.2) is 22.2 Å². The molecular weight excluding hydrogens is 336 g/mol. The molecule has 1 aromatic heterocycles. The molecular formula is C20H19F2N3O. The maximum Gasteiger partial charge on any atom is 0.258 e. The normalized spacial score (nSPS) is 10.8. The summed E-state index contributed by atoms with van der Waals surface area (Å²) in [6.07, 6.45) is 0. The number of nitrogens with zero attached hydrogens (tertiary/aromatic N) is 3. The van der Waals surface area contributed by atoms with Crippen molar-refractivity contribution in [2.24, 2.45) is 0 Å². The molecule has 3 aromatic rings. The molecule has 0 aliphatic carbocycles. The first-order chi connectivity index (χ1) is 12.4. The molecule has 0 spiro atoms. The fraction of sp³-hybridized carbons (Fsp3) is 0.200. The highest BCUT2D eigenvalue weighted by Gasteiger charge is 2.18. The van der Waals surface area contributed by atoms with E-state index in [0.29, 0.717) is 17.8 Å². The Kier molecular flexibility index (Phi) is 4.84. The summed E-state index contributed by atoms with van der Waals surface area (Å²) < 4.78 is 28.4. The maximum absolute atomic E-state index is 13.5. The van der Waals surface area contributed by atoms with Crippen LogP contribution < -0.4 is 4.90 Å². The zero-order chi connectivity index (χ0) is 18.8. The van der Waals surface area contributed by atoms with E-state index in [-0.39, 0.29) is 5.91 Å². The minimum absolute atomic E-state index is 0.279. The van der Waals surface area contributed by atoms with Gasteiger partial charge in [0.25, 0.3) is 5.91 Å². The molecule has 0 saturated heterocycles. The molecule has 0 aliphatic heterocycles. The third-order valence-electron chi connectivity index (χ3n) is 4.14. The van der Waals surface area contributed by atoms with E-state index in [2.05, 4.69) is 5.10 Å². The molecule has 0 saturated carbocycles. The highest BCUT2D eigenvalue weighted by atomic mass is 19.2. The highest BCUT2D eigenvalue weighted by Crippen LogP contribution is 2.21. The molecule has 4 nitrogen and oxygen atoms in total. The van der Waals surface area contributed by atoms with Crippen molar-refractivity contribution in [1.82, 2.24) is 9.78 Å². The molecule has 26 heavy (non-hydrogen) atoms. The molecule has 0 aliphatic rings. The molecule has 0 unspecified atom stereocenters. The van der Waals surface area contributed by atoms with E-state index in [1.165, 1.54) is 11.0 Å². The van der Waals surface area contributed by atoms with Gasteiger partial charge in [-0.1, -0.05) is 0 Å². The van der Waals surface area contributed by atoms with Crippen LogP contribution in [0.5, 0.6) is 0 Å². The van der Waals surface area contributed by atoms with Gasteiger partial charge in [0.1, 0.15) is 0 Å². The topological polar surface area (TPSA) is 38.1 Å². The first-order valence-corrected chi connectivity index (χ1v) is 8.31. The predicted octanol–water partition coefficient (Wildman–Crippen LogP) is 4.43. The quantitative estimate of drug-likeness (QED) is 0.694. The summed E-state index contributed by atoms with van der Waals surface area (Å²) >= 11 is 0. The third kappa shape index (κ3) is 3.35. The first-order valence-electron chi connectivity index (χ1n) is 8.31. The molecule has 2 aromatic carbocycles. The number of carbonyl (C=O) groups excluding carboxylic acids is 1. The van der Waals surface area contributed by atoms with E-state index in [1.807, 2.05) is 32.0 Å². The summed E-state index contributed by atoms with van der Waals surface area (Å²) in [6.45, 7) is 6.00. The fourth-order valence-corrected chi connectivity index (χ4v) is 2.89. The molecule has 0 N–H and O–H groups in total. The number of hydrogen-bond donors (Lipinski definition) is 0. The Morgan fingerprint density at radius 3 is 2.27 bits per heavy atom. The van der Waals surface area contributed by atoms with Gasteiger partial charge in [-0.25, -0.2) is 13.5 Å². The van der Waals surface area contributed by atoms with E-state index in [4.69, 9.17) is 0 Å². The lowest BCUT2D eigenvalue weighted by Gasteiger charge is -2.21. The van der Waals surface area contributed by atoms with Crippen molar-refractivity contribution in [3.63, 3.8) is 0 Å². The van der Waals surface area contributed by atoms with E-state index >= 15 is 0 Å². The Bertz CT molecular complexity index is 948. The van der Waals surface area contributed by atoms with Crippen LogP contribution in [0.2, 0.25) is 0 Å². The molecule has 0 radical (unpaired) electrons. The van der Waals surface area contributed by atoms with Crippen LogP contribution in [0, 0.1) is 25.5 Å². The predicted molar refractivity (Wildman–Crippen MR) is 96.7 cm³/mol. The van der Waals surface area contributed by atoms with Gasteiger partial charge in [0, 0.05) is 29.6 Å². The second-order valence-electron chi connectivity index (χ2n) is 6.03. The van der Waals surface area contributed by atoms with Crippen molar-refractivity contribution in [3.05, 3.63) is 77.1 Å². The van der Waals surface area contributed by atoms with Crippen LogP contribution in [0.1, 0.15) is 28.7 Å². The fourth-order valence-electron chi connectivity index (χ4n) is 2.89. The Morgan fingerprint density at radius 1 is 1.04 bits per heavy atom. The number of aryl methyl sites for hydroxylation is 2. The van der Waals surface area contributed by atoms with Crippen LogP contribution in [0.4, 0.5) is 14.5 Å². The zero-order valence-electron chi connectivity index (χ0n) is 14.8. The highest BCUT2D eigenvalue weighted by molar-refractivity contribution is 6.06. The third-order valence-corrected chi connectivity index (χ3v) is 4.14. The zero-order valence-corrected chi connectivity index (χ0v) is 14.8. The summed E-state index contributed by atoms with van der Waals surface area (Å²) in [5.41, 5.74) is 3.54. The lowest BCUT2D eigenvalue weighted by molar-refractivity contribution is 0.0988. The molecule has 134 valence electrons. The second-order valence-corrected chi connectivity index (χ2v) is 6.03. The van der Waals surface area contributed by atoms with Gasteiger partial charge in [0.05, 0.1) is 11.4 Å². The molecule has 6 heteroatoms.